The summed E-state index contributed by atoms with van der Waals surface area (Å²) in [5.41, 5.74) is 0.171. The molecule has 0 aliphatic carbocycles. The summed E-state index contributed by atoms with van der Waals surface area (Å²) < 4.78 is 25.6. The van der Waals surface area contributed by atoms with Gasteiger partial charge in [0.25, 0.3) is 5.69 Å². The topological polar surface area (TPSA) is 105 Å². The molecule has 1 rings (SSSR count). The monoisotopic (exact) mass is 316 g/mol. The Bertz CT molecular complexity index is 603. The van der Waals surface area contributed by atoms with E-state index in [1.165, 1.54) is 19.2 Å². The fourth-order valence-electron chi connectivity index (χ4n) is 1.87. The number of nitro benzene ring substituents is 1. The van der Waals surface area contributed by atoms with E-state index >= 15 is 0 Å². The molecular weight excluding hydrogens is 296 g/mol. The van der Waals surface area contributed by atoms with Crippen LogP contribution in [0.3, 0.4) is 0 Å². The van der Waals surface area contributed by atoms with Crippen molar-refractivity contribution in [1.29, 1.82) is 0 Å². The number of benzene rings is 1. The lowest BCUT2D eigenvalue weighted by Gasteiger charge is -2.19. The average molecular weight is 316 g/mol. The van der Waals surface area contributed by atoms with Gasteiger partial charge in [-0.3, -0.25) is 10.1 Å². The van der Waals surface area contributed by atoms with E-state index in [0.717, 1.165) is 19.0 Å². The summed E-state index contributed by atoms with van der Waals surface area (Å²) in [6.45, 7) is 1.42. The van der Waals surface area contributed by atoms with Gasteiger partial charge in [0, 0.05) is 19.7 Å². The van der Waals surface area contributed by atoms with E-state index < -0.39 is 14.9 Å². The van der Waals surface area contributed by atoms with Gasteiger partial charge < -0.3 is 10.2 Å². The zero-order valence-electron chi connectivity index (χ0n) is 12.3. The fourth-order valence-corrected chi connectivity index (χ4v) is 2.62. The lowest BCUT2D eigenvalue weighted by Crippen LogP contribution is -2.23. The highest BCUT2D eigenvalue weighted by Gasteiger charge is 2.22. The highest BCUT2D eigenvalue weighted by Crippen LogP contribution is 2.30. The maximum Gasteiger partial charge on any atom is 0.293 e. The van der Waals surface area contributed by atoms with Crippen LogP contribution in [-0.4, -0.2) is 47.6 Å². The third-order valence-electron chi connectivity index (χ3n) is 3.05. The van der Waals surface area contributed by atoms with Crippen LogP contribution in [0.25, 0.3) is 0 Å². The number of hydrogen-bond donors (Lipinski definition) is 2. The van der Waals surface area contributed by atoms with Gasteiger partial charge in [-0.25, -0.2) is 13.1 Å². The molecule has 1 aromatic rings. The summed E-state index contributed by atoms with van der Waals surface area (Å²) in [5, 5.41) is 14.2. The van der Waals surface area contributed by atoms with E-state index in [-0.39, 0.29) is 10.6 Å². The Hall–Kier alpha value is -1.71. The second kappa shape index (κ2) is 7.34. The second-order valence-corrected chi connectivity index (χ2v) is 6.38. The molecule has 8 nitrogen and oxygen atoms in total. The first kappa shape index (κ1) is 17.3. The molecule has 1 aromatic carbocycles. The largest absolute Gasteiger partial charge is 0.369 e. The molecule has 21 heavy (non-hydrogen) atoms. The van der Waals surface area contributed by atoms with Crippen LogP contribution in [0.4, 0.5) is 11.4 Å². The highest BCUT2D eigenvalue weighted by molar-refractivity contribution is 7.89. The standard InChI is InChI=1S/C12H20N4O4S/c1-13-7-4-8-15(3)11-6-5-10(21(19,20)14-2)9-12(11)16(17)18/h5-6,9,13-14H,4,7-8H2,1-3H3. The molecule has 0 heterocycles. The third-order valence-corrected chi connectivity index (χ3v) is 4.47. The molecule has 0 fully saturated rings. The van der Waals surface area contributed by atoms with Gasteiger partial charge in [0.1, 0.15) is 5.69 Å². The van der Waals surface area contributed by atoms with E-state index in [0.29, 0.717) is 12.2 Å². The number of nitrogens with one attached hydrogen (secondary N) is 2. The van der Waals surface area contributed by atoms with Crippen LogP contribution in [0, 0.1) is 10.1 Å². The zero-order chi connectivity index (χ0) is 16.0. The van der Waals surface area contributed by atoms with Gasteiger partial charge in [-0.15, -0.1) is 0 Å². The minimum Gasteiger partial charge on any atom is -0.369 e. The molecule has 0 aromatic heterocycles. The number of anilines is 1. The number of rotatable bonds is 8. The van der Waals surface area contributed by atoms with Crippen molar-refractivity contribution in [3.05, 3.63) is 28.3 Å². The van der Waals surface area contributed by atoms with Crippen molar-refractivity contribution >= 4 is 21.4 Å². The number of hydrogen-bond acceptors (Lipinski definition) is 6. The van der Waals surface area contributed by atoms with E-state index in [9.17, 15) is 18.5 Å². The maximum absolute atomic E-state index is 11.7. The molecule has 0 radical (unpaired) electrons. The zero-order valence-corrected chi connectivity index (χ0v) is 13.1. The Balaban J connectivity index is 3.14. The van der Waals surface area contributed by atoms with Crippen molar-refractivity contribution < 1.29 is 13.3 Å². The molecule has 9 heteroatoms. The second-order valence-electron chi connectivity index (χ2n) is 4.49. The predicted octanol–water partition coefficient (Wildman–Crippen LogP) is 0.549. The van der Waals surface area contributed by atoms with Gasteiger partial charge in [0.15, 0.2) is 0 Å². The van der Waals surface area contributed by atoms with E-state index in [1.54, 1.807) is 11.9 Å². The molecule has 0 unspecified atom stereocenters. The van der Waals surface area contributed by atoms with Crippen LogP contribution in [0.5, 0.6) is 0 Å². The molecule has 0 saturated carbocycles. The van der Waals surface area contributed by atoms with Gasteiger partial charge >= 0.3 is 0 Å². The molecule has 0 aliphatic heterocycles. The van der Waals surface area contributed by atoms with Crippen LogP contribution in [0.1, 0.15) is 6.42 Å². The van der Waals surface area contributed by atoms with Gasteiger partial charge in [-0.2, -0.15) is 0 Å². The lowest BCUT2D eigenvalue weighted by molar-refractivity contribution is -0.384. The summed E-state index contributed by atoms with van der Waals surface area (Å²) in [7, 11) is 1.14. The van der Waals surface area contributed by atoms with E-state index in [4.69, 9.17) is 0 Å². The van der Waals surface area contributed by atoms with Crippen molar-refractivity contribution in [2.45, 2.75) is 11.3 Å². The molecule has 0 spiro atoms. The minimum absolute atomic E-state index is 0.121. The van der Waals surface area contributed by atoms with Crippen molar-refractivity contribution in [2.24, 2.45) is 0 Å². The molecular formula is C12H20N4O4S. The smallest absolute Gasteiger partial charge is 0.293 e. The SMILES string of the molecule is CNCCCN(C)c1ccc(S(=O)(=O)NC)cc1[N+](=O)[O-]. The molecule has 0 aliphatic rings. The van der Waals surface area contributed by atoms with Crippen molar-refractivity contribution in [2.75, 3.05) is 39.1 Å². The normalized spacial score (nSPS) is 11.4. The van der Waals surface area contributed by atoms with Crippen LogP contribution >= 0.6 is 0 Å². The van der Waals surface area contributed by atoms with Crippen molar-refractivity contribution in [1.82, 2.24) is 10.0 Å². The van der Waals surface area contributed by atoms with Crippen LogP contribution in [0.15, 0.2) is 23.1 Å². The van der Waals surface area contributed by atoms with Gasteiger partial charge in [-0.1, -0.05) is 0 Å². The summed E-state index contributed by atoms with van der Waals surface area (Å²) in [4.78, 5) is 12.2. The van der Waals surface area contributed by atoms with Crippen molar-refractivity contribution in [3.8, 4) is 0 Å². The lowest BCUT2D eigenvalue weighted by atomic mass is 10.2. The molecule has 0 saturated heterocycles. The quantitative estimate of drug-likeness (QED) is 0.412. The van der Waals surface area contributed by atoms with Crippen LogP contribution in [0.2, 0.25) is 0 Å². The van der Waals surface area contributed by atoms with E-state index in [2.05, 4.69) is 10.0 Å². The molecule has 2 N–H and O–H groups in total. The first-order valence-electron chi connectivity index (χ1n) is 6.41. The maximum atomic E-state index is 11.7. The van der Waals surface area contributed by atoms with Crippen molar-refractivity contribution in [3.63, 3.8) is 0 Å². The number of sulfonamides is 1. The van der Waals surface area contributed by atoms with Crippen LogP contribution in [-0.2, 0) is 10.0 Å². The summed E-state index contributed by atoms with van der Waals surface area (Å²) in [6, 6.07) is 3.90. The summed E-state index contributed by atoms with van der Waals surface area (Å²) in [6.07, 6.45) is 0.820. The Morgan fingerprint density at radius 1 is 1.33 bits per heavy atom. The summed E-state index contributed by atoms with van der Waals surface area (Å²) in [5.74, 6) is 0. The Kier molecular flexibility index (Phi) is 6.06. The minimum atomic E-state index is -3.70. The van der Waals surface area contributed by atoms with Gasteiger partial charge in [-0.05, 0) is 39.2 Å². The average Bonchev–Trinajstić information content (AvgIpc) is 2.46. The van der Waals surface area contributed by atoms with Gasteiger partial charge in [0.05, 0.1) is 9.82 Å². The van der Waals surface area contributed by atoms with E-state index in [1.807, 2.05) is 7.05 Å². The first-order chi connectivity index (χ1) is 9.83. The Morgan fingerprint density at radius 3 is 2.52 bits per heavy atom. The molecule has 0 bridgehead atoms. The molecule has 0 atom stereocenters. The first-order valence-corrected chi connectivity index (χ1v) is 7.89. The van der Waals surface area contributed by atoms with Gasteiger partial charge in [0.2, 0.25) is 10.0 Å². The Morgan fingerprint density at radius 2 is 2.00 bits per heavy atom. The highest BCUT2D eigenvalue weighted by atomic mass is 32.2. The number of nitrogens with zero attached hydrogens (tertiary/aromatic N) is 2. The fraction of sp³-hybridized carbons (Fsp3) is 0.500. The predicted molar refractivity (Wildman–Crippen MR) is 81.2 cm³/mol. The van der Waals surface area contributed by atoms with Crippen LogP contribution < -0.4 is 14.9 Å². The third kappa shape index (κ3) is 4.38. The molecule has 0 amide bonds. The summed E-state index contributed by atoms with van der Waals surface area (Å²) >= 11 is 0. The number of nitro groups is 1. The molecule has 118 valence electrons. The Labute approximate surface area is 124 Å².